The molecule has 1 amide bonds. The van der Waals surface area contributed by atoms with Gasteiger partial charge in [0, 0.05) is 11.9 Å². The first kappa shape index (κ1) is 14.8. The fraction of sp³-hybridized carbons (Fsp3) is 0.538. The van der Waals surface area contributed by atoms with Crippen LogP contribution in [-0.4, -0.2) is 34.6 Å². The van der Waals surface area contributed by atoms with Crippen LogP contribution in [-0.2, 0) is 9.53 Å². The minimum absolute atomic E-state index is 0.0411. The molecule has 2 N–H and O–H groups in total. The number of ether oxygens (including phenoxy) is 1. The zero-order valence-corrected chi connectivity index (χ0v) is 10.9. The summed E-state index contributed by atoms with van der Waals surface area (Å²) in [6, 6.07) is 2.70. The lowest BCUT2D eigenvalue weighted by Crippen LogP contribution is -2.27. The number of amides is 1. The second kappa shape index (κ2) is 6.23. The number of aliphatic hydroxyl groups is 1. The van der Waals surface area contributed by atoms with Gasteiger partial charge in [-0.3, -0.25) is 9.78 Å². The lowest BCUT2D eigenvalue weighted by Gasteiger charge is -2.13. The summed E-state index contributed by atoms with van der Waals surface area (Å²) < 4.78 is 30.2. The number of carbonyl (C=O) groups is 1. The molecule has 0 bridgehead atoms. The molecular weight excluding hydrogens is 270 g/mol. The van der Waals surface area contributed by atoms with Gasteiger partial charge in [-0.25, -0.2) is 8.78 Å². The van der Waals surface area contributed by atoms with E-state index in [0.717, 1.165) is 6.42 Å². The maximum Gasteiger partial charge on any atom is 0.269 e. The number of pyridine rings is 1. The van der Waals surface area contributed by atoms with Gasteiger partial charge in [0.05, 0.1) is 11.8 Å². The third-order valence-corrected chi connectivity index (χ3v) is 3.11. The fourth-order valence-electron chi connectivity index (χ4n) is 2.04. The van der Waals surface area contributed by atoms with Crippen molar-refractivity contribution in [3.8, 4) is 0 Å². The minimum Gasteiger partial charge on any atom is -0.381 e. The standard InChI is InChI=1S/C13H16F2N2O3/c1-7-2-3-10(20-7)13(19)17-8-4-5-16-9(6-8)11(18)12(14)15/h4-7,10-12,18H,2-3H2,1H3,(H,16,17,19). The van der Waals surface area contributed by atoms with Crippen molar-refractivity contribution in [1.82, 2.24) is 4.98 Å². The molecule has 110 valence electrons. The van der Waals surface area contributed by atoms with Crippen LogP contribution in [0.25, 0.3) is 0 Å². The van der Waals surface area contributed by atoms with E-state index in [1.54, 1.807) is 0 Å². The van der Waals surface area contributed by atoms with Crippen molar-refractivity contribution in [3.05, 3.63) is 24.0 Å². The van der Waals surface area contributed by atoms with Crippen molar-refractivity contribution in [2.45, 2.75) is 44.5 Å². The molecule has 3 atom stereocenters. The van der Waals surface area contributed by atoms with Gasteiger partial charge in [0.25, 0.3) is 12.3 Å². The summed E-state index contributed by atoms with van der Waals surface area (Å²) in [7, 11) is 0. The Labute approximate surface area is 115 Å². The van der Waals surface area contributed by atoms with Crippen LogP contribution in [0, 0.1) is 0 Å². The summed E-state index contributed by atoms with van der Waals surface area (Å²) in [6.45, 7) is 1.89. The maximum atomic E-state index is 12.4. The summed E-state index contributed by atoms with van der Waals surface area (Å²) in [5, 5.41) is 11.8. The Bertz CT molecular complexity index is 484. The van der Waals surface area contributed by atoms with Crippen molar-refractivity contribution >= 4 is 11.6 Å². The van der Waals surface area contributed by atoms with Crippen LogP contribution in [0.3, 0.4) is 0 Å². The molecule has 1 saturated heterocycles. The average molecular weight is 286 g/mol. The highest BCUT2D eigenvalue weighted by atomic mass is 19.3. The Hall–Kier alpha value is -1.60. The summed E-state index contributed by atoms with van der Waals surface area (Å²) in [5.74, 6) is -0.321. The Morgan fingerprint density at radius 2 is 2.30 bits per heavy atom. The number of aromatic nitrogens is 1. The lowest BCUT2D eigenvalue weighted by atomic mass is 10.2. The Morgan fingerprint density at radius 3 is 2.90 bits per heavy atom. The Morgan fingerprint density at radius 1 is 1.55 bits per heavy atom. The van der Waals surface area contributed by atoms with E-state index in [0.29, 0.717) is 12.1 Å². The highest BCUT2D eigenvalue weighted by Gasteiger charge is 2.28. The molecule has 2 rings (SSSR count). The van der Waals surface area contributed by atoms with Gasteiger partial charge in [-0.2, -0.15) is 0 Å². The molecule has 1 aliphatic heterocycles. The topological polar surface area (TPSA) is 71.5 Å². The number of nitrogens with zero attached hydrogens (tertiary/aromatic N) is 1. The van der Waals surface area contributed by atoms with E-state index in [1.165, 1.54) is 18.3 Å². The molecule has 0 aromatic carbocycles. The number of aliphatic hydroxyl groups excluding tert-OH is 1. The number of carbonyl (C=O) groups excluding carboxylic acids is 1. The van der Waals surface area contributed by atoms with Crippen molar-refractivity contribution in [1.29, 1.82) is 0 Å². The second-order valence-electron chi connectivity index (χ2n) is 4.75. The molecule has 1 aromatic rings. The van der Waals surface area contributed by atoms with Crippen LogP contribution < -0.4 is 5.32 Å². The van der Waals surface area contributed by atoms with Crippen molar-refractivity contribution < 1.29 is 23.4 Å². The molecule has 1 aliphatic rings. The minimum atomic E-state index is -2.92. The van der Waals surface area contributed by atoms with Gasteiger partial charge in [-0.05, 0) is 31.9 Å². The first-order chi connectivity index (χ1) is 9.47. The first-order valence-electron chi connectivity index (χ1n) is 6.36. The second-order valence-corrected chi connectivity index (χ2v) is 4.75. The molecule has 7 heteroatoms. The van der Waals surface area contributed by atoms with Gasteiger partial charge in [0.1, 0.15) is 6.10 Å². The van der Waals surface area contributed by atoms with E-state index >= 15 is 0 Å². The van der Waals surface area contributed by atoms with Gasteiger partial charge in [0.2, 0.25) is 0 Å². The van der Waals surface area contributed by atoms with E-state index in [-0.39, 0.29) is 17.7 Å². The molecule has 5 nitrogen and oxygen atoms in total. The van der Waals surface area contributed by atoms with E-state index in [9.17, 15) is 18.7 Å². The molecule has 0 aliphatic carbocycles. The first-order valence-corrected chi connectivity index (χ1v) is 6.36. The van der Waals surface area contributed by atoms with Crippen LogP contribution in [0.2, 0.25) is 0 Å². The van der Waals surface area contributed by atoms with Crippen LogP contribution >= 0.6 is 0 Å². The fourth-order valence-corrected chi connectivity index (χ4v) is 2.04. The molecule has 20 heavy (non-hydrogen) atoms. The molecule has 3 unspecified atom stereocenters. The number of alkyl halides is 2. The Kier molecular flexibility index (Phi) is 4.61. The zero-order valence-electron chi connectivity index (χ0n) is 10.9. The zero-order chi connectivity index (χ0) is 14.7. The average Bonchev–Trinajstić information content (AvgIpc) is 2.85. The smallest absolute Gasteiger partial charge is 0.269 e. The number of rotatable bonds is 4. The van der Waals surface area contributed by atoms with Crippen LogP contribution in [0.4, 0.5) is 14.5 Å². The van der Waals surface area contributed by atoms with E-state index in [2.05, 4.69) is 10.3 Å². The molecule has 0 spiro atoms. The molecule has 0 radical (unpaired) electrons. The SMILES string of the molecule is CC1CCC(C(=O)Nc2ccnc(C(O)C(F)F)c2)O1. The summed E-state index contributed by atoms with van der Waals surface area (Å²) >= 11 is 0. The summed E-state index contributed by atoms with van der Waals surface area (Å²) in [6.07, 6.45) is -2.67. The third-order valence-electron chi connectivity index (χ3n) is 3.11. The van der Waals surface area contributed by atoms with Gasteiger partial charge in [0.15, 0.2) is 6.10 Å². The number of nitrogens with one attached hydrogen (secondary N) is 1. The molecular formula is C13H16F2N2O3. The predicted octanol–water partition coefficient (Wildman–Crippen LogP) is 1.89. The highest BCUT2D eigenvalue weighted by molar-refractivity contribution is 5.94. The number of hydrogen-bond acceptors (Lipinski definition) is 4. The highest BCUT2D eigenvalue weighted by Crippen LogP contribution is 2.23. The molecule has 0 saturated carbocycles. The number of halogens is 2. The van der Waals surface area contributed by atoms with Crippen molar-refractivity contribution in [3.63, 3.8) is 0 Å². The van der Waals surface area contributed by atoms with Gasteiger partial charge >= 0.3 is 0 Å². The Balaban J connectivity index is 2.02. The van der Waals surface area contributed by atoms with Gasteiger partial charge in [-0.1, -0.05) is 0 Å². The molecule has 2 heterocycles. The van der Waals surface area contributed by atoms with Crippen molar-refractivity contribution in [2.75, 3.05) is 5.32 Å². The van der Waals surface area contributed by atoms with Crippen LogP contribution in [0.15, 0.2) is 18.3 Å². The van der Waals surface area contributed by atoms with Crippen LogP contribution in [0.1, 0.15) is 31.6 Å². The largest absolute Gasteiger partial charge is 0.381 e. The lowest BCUT2D eigenvalue weighted by molar-refractivity contribution is -0.126. The quantitative estimate of drug-likeness (QED) is 0.886. The third kappa shape index (κ3) is 3.49. The van der Waals surface area contributed by atoms with Gasteiger partial charge < -0.3 is 15.2 Å². The summed E-state index contributed by atoms with van der Waals surface area (Å²) in [4.78, 5) is 15.6. The monoisotopic (exact) mass is 286 g/mol. The molecule has 1 fully saturated rings. The number of anilines is 1. The van der Waals surface area contributed by atoms with E-state index in [4.69, 9.17) is 4.74 Å². The van der Waals surface area contributed by atoms with Crippen molar-refractivity contribution in [2.24, 2.45) is 0 Å². The van der Waals surface area contributed by atoms with Crippen LogP contribution in [0.5, 0.6) is 0 Å². The number of hydrogen-bond donors (Lipinski definition) is 2. The molecule has 1 aromatic heterocycles. The summed E-state index contributed by atoms with van der Waals surface area (Å²) in [5.41, 5.74) is 0.126. The van der Waals surface area contributed by atoms with Gasteiger partial charge in [-0.15, -0.1) is 0 Å². The predicted molar refractivity (Wildman–Crippen MR) is 67.4 cm³/mol. The normalized spacial score (nSPS) is 23.9. The maximum absolute atomic E-state index is 12.4. The van der Waals surface area contributed by atoms with E-state index in [1.807, 2.05) is 6.92 Å². The van der Waals surface area contributed by atoms with E-state index < -0.39 is 18.6 Å².